The normalized spacial score (nSPS) is 11.7. The summed E-state index contributed by atoms with van der Waals surface area (Å²) < 4.78 is 26.5. The van der Waals surface area contributed by atoms with Crippen LogP contribution in [0.5, 0.6) is 0 Å². The first kappa shape index (κ1) is 19.7. The number of benzene rings is 2. The third-order valence-electron chi connectivity index (χ3n) is 4.28. The van der Waals surface area contributed by atoms with E-state index in [0.717, 1.165) is 4.31 Å². The maximum absolute atomic E-state index is 12.4. The molecular formula is C19H20N4O4S. The minimum absolute atomic E-state index is 0.0214. The first-order valence-corrected chi connectivity index (χ1v) is 9.91. The topological polar surface area (TPSA) is 101 Å². The van der Waals surface area contributed by atoms with Crippen LogP contribution in [0.3, 0.4) is 0 Å². The number of sulfonamides is 1. The number of aromatic nitrogens is 2. The summed E-state index contributed by atoms with van der Waals surface area (Å²) in [6.45, 7) is 0. The molecule has 0 radical (unpaired) electrons. The van der Waals surface area contributed by atoms with Gasteiger partial charge in [0, 0.05) is 32.2 Å². The summed E-state index contributed by atoms with van der Waals surface area (Å²) in [4.78, 5) is 24.8. The highest BCUT2D eigenvalue weighted by Gasteiger charge is 2.17. The quantitative estimate of drug-likeness (QED) is 0.697. The van der Waals surface area contributed by atoms with Gasteiger partial charge in [-0.3, -0.25) is 9.59 Å². The van der Waals surface area contributed by atoms with Crippen LogP contribution in [0.2, 0.25) is 0 Å². The Morgan fingerprint density at radius 2 is 1.68 bits per heavy atom. The summed E-state index contributed by atoms with van der Waals surface area (Å²) in [6, 6.07) is 12.9. The number of carbonyl (C=O) groups is 1. The van der Waals surface area contributed by atoms with Gasteiger partial charge in [-0.2, -0.15) is 5.10 Å². The predicted octanol–water partition coefficient (Wildman–Crippen LogP) is 1.36. The van der Waals surface area contributed by atoms with E-state index in [-0.39, 0.29) is 22.8 Å². The molecule has 0 saturated carbocycles. The number of hydrogen-bond acceptors (Lipinski definition) is 5. The van der Waals surface area contributed by atoms with Gasteiger partial charge < -0.3 is 5.32 Å². The van der Waals surface area contributed by atoms with Crippen LogP contribution < -0.4 is 10.9 Å². The molecule has 9 heteroatoms. The zero-order chi connectivity index (χ0) is 20.5. The lowest BCUT2D eigenvalue weighted by molar-refractivity contribution is -0.115. The molecule has 1 aromatic heterocycles. The number of aryl methyl sites for hydroxylation is 1. The molecule has 1 N–H and O–H groups in total. The Labute approximate surface area is 162 Å². The fraction of sp³-hybridized carbons (Fsp3) is 0.211. The van der Waals surface area contributed by atoms with Crippen LogP contribution in [-0.4, -0.2) is 42.5 Å². The molecule has 0 spiro atoms. The Kier molecular flexibility index (Phi) is 5.30. The van der Waals surface area contributed by atoms with E-state index in [1.54, 1.807) is 31.3 Å². The van der Waals surface area contributed by atoms with E-state index in [2.05, 4.69) is 10.4 Å². The van der Waals surface area contributed by atoms with Crippen molar-refractivity contribution < 1.29 is 13.2 Å². The Morgan fingerprint density at radius 3 is 2.29 bits per heavy atom. The maximum Gasteiger partial charge on any atom is 0.274 e. The number of amides is 1. The van der Waals surface area contributed by atoms with Gasteiger partial charge in [-0.05, 0) is 30.3 Å². The minimum Gasteiger partial charge on any atom is -0.326 e. The first-order chi connectivity index (χ1) is 13.2. The molecule has 0 unspecified atom stereocenters. The van der Waals surface area contributed by atoms with E-state index in [1.165, 1.54) is 43.0 Å². The van der Waals surface area contributed by atoms with Gasteiger partial charge in [0.1, 0.15) is 0 Å². The molecule has 0 aliphatic carbocycles. The number of rotatable bonds is 5. The molecule has 0 aliphatic rings. The Morgan fingerprint density at radius 1 is 1.07 bits per heavy atom. The average Bonchev–Trinajstić information content (AvgIpc) is 2.66. The molecule has 0 atom stereocenters. The Balaban J connectivity index is 1.81. The monoisotopic (exact) mass is 400 g/mol. The third-order valence-corrected chi connectivity index (χ3v) is 6.11. The zero-order valence-corrected chi connectivity index (χ0v) is 16.5. The molecule has 0 fully saturated rings. The molecule has 0 saturated heterocycles. The van der Waals surface area contributed by atoms with Crippen LogP contribution in [0.25, 0.3) is 10.8 Å². The Hall–Kier alpha value is -3.04. The van der Waals surface area contributed by atoms with Crippen LogP contribution >= 0.6 is 0 Å². The van der Waals surface area contributed by atoms with E-state index >= 15 is 0 Å². The number of nitrogens with zero attached hydrogens (tertiary/aromatic N) is 3. The van der Waals surface area contributed by atoms with Gasteiger partial charge in [-0.15, -0.1) is 0 Å². The van der Waals surface area contributed by atoms with Gasteiger partial charge in [0.2, 0.25) is 15.9 Å². The van der Waals surface area contributed by atoms with Crippen molar-refractivity contribution in [3.05, 3.63) is 64.6 Å². The number of carbonyl (C=O) groups excluding carboxylic acids is 1. The predicted molar refractivity (Wildman–Crippen MR) is 107 cm³/mol. The standard InChI is InChI=1S/C19H20N4O4S/c1-22(2)28(26,27)14-10-8-13(9-11-14)20-18(24)12-17-15-6-4-5-7-16(15)19(25)23(3)21-17/h4-11H,12H2,1-3H3,(H,20,24). The van der Waals surface area contributed by atoms with E-state index in [9.17, 15) is 18.0 Å². The number of fused-ring (bicyclic) bond motifs is 1. The molecule has 28 heavy (non-hydrogen) atoms. The highest BCUT2D eigenvalue weighted by atomic mass is 32.2. The Bertz CT molecular complexity index is 1200. The van der Waals surface area contributed by atoms with Crippen molar-refractivity contribution in [2.24, 2.45) is 7.05 Å². The van der Waals surface area contributed by atoms with Crippen molar-refractivity contribution in [1.29, 1.82) is 0 Å². The molecule has 3 aromatic rings. The summed E-state index contributed by atoms with van der Waals surface area (Å²) in [5.41, 5.74) is 0.733. The van der Waals surface area contributed by atoms with Crippen molar-refractivity contribution in [2.45, 2.75) is 11.3 Å². The SMILES string of the molecule is CN(C)S(=O)(=O)c1ccc(NC(=O)Cc2nn(C)c(=O)c3ccccc23)cc1. The number of anilines is 1. The molecule has 0 aliphatic heterocycles. The van der Waals surface area contributed by atoms with Crippen LogP contribution in [0, 0.1) is 0 Å². The van der Waals surface area contributed by atoms with Crippen LogP contribution in [0.4, 0.5) is 5.69 Å². The first-order valence-electron chi connectivity index (χ1n) is 8.47. The van der Waals surface area contributed by atoms with Gasteiger partial charge in [-0.1, -0.05) is 18.2 Å². The smallest absolute Gasteiger partial charge is 0.274 e. The highest BCUT2D eigenvalue weighted by molar-refractivity contribution is 7.89. The van der Waals surface area contributed by atoms with E-state index in [4.69, 9.17) is 0 Å². The van der Waals surface area contributed by atoms with Gasteiger partial charge in [0.15, 0.2) is 0 Å². The van der Waals surface area contributed by atoms with Crippen molar-refractivity contribution in [3.63, 3.8) is 0 Å². The summed E-state index contributed by atoms with van der Waals surface area (Å²) in [5.74, 6) is -0.320. The van der Waals surface area contributed by atoms with Gasteiger partial charge in [-0.25, -0.2) is 17.4 Å². The molecule has 2 aromatic carbocycles. The van der Waals surface area contributed by atoms with Gasteiger partial charge in [0.05, 0.1) is 22.4 Å². The molecule has 1 amide bonds. The van der Waals surface area contributed by atoms with E-state index in [0.29, 0.717) is 22.2 Å². The fourth-order valence-corrected chi connectivity index (χ4v) is 3.69. The van der Waals surface area contributed by atoms with Crippen molar-refractivity contribution >= 4 is 32.4 Å². The van der Waals surface area contributed by atoms with Crippen molar-refractivity contribution in [2.75, 3.05) is 19.4 Å². The minimum atomic E-state index is -3.53. The second-order valence-electron chi connectivity index (χ2n) is 6.46. The summed E-state index contributed by atoms with van der Waals surface area (Å²) in [5, 5.41) is 8.06. The molecule has 146 valence electrons. The molecular weight excluding hydrogens is 380 g/mol. The number of nitrogens with one attached hydrogen (secondary N) is 1. The molecule has 3 rings (SSSR count). The van der Waals surface area contributed by atoms with Crippen molar-refractivity contribution in [1.82, 2.24) is 14.1 Å². The third kappa shape index (κ3) is 3.80. The highest BCUT2D eigenvalue weighted by Crippen LogP contribution is 2.18. The van der Waals surface area contributed by atoms with E-state index < -0.39 is 10.0 Å². The van der Waals surface area contributed by atoms with Crippen LogP contribution in [0.1, 0.15) is 5.69 Å². The summed E-state index contributed by atoms with van der Waals surface area (Å²) in [7, 11) is 0.924. The largest absolute Gasteiger partial charge is 0.326 e. The lowest BCUT2D eigenvalue weighted by Gasteiger charge is -2.12. The summed E-state index contributed by atoms with van der Waals surface area (Å²) >= 11 is 0. The second-order valence-corrected chi connectivity index (χ2v) is 8.61. The maximum atomic E-state index is 12.4. The van der Waals surface area contributed by atoms with Gasteiger partial charge in [0.25, 0.3) is 5.56 Å². The molecule has 8 nitrogen and oxygen atoms in total. The van der Waals surface area contributed by atoms with Gasteiger partial charge >= 0.3 is 0 Å². The fourth-order valence-electron chi connectivity index (χ4n) is 2.78. The average molecular weight is 400 g/mol. The van der Waals surface area contributed by atoms with E-state index in [1.807, 2.05) is 0 Å². The zero-order valence-electron chi connectivity index (χ0n) is 15.7. The lowest BCUT2D eigenvalue weighted by Crippen LogP contribution is -2.24. The summed E-state index contributed by atoms with van der Waals surface area (Å²) in [6.07, 6.45) is -0.0214. The second kappa shape index (κ2) is 7.53. The molecule has 0 bridgehead atoms. The van der Waals surface area contributed by atoms with Crippen LogP contribution in [-0.2, 0) is 28.3 Å². The lowest BCUT2D eigenvalue weighted by atomic mass is 10.1. The van der Waals surface area contributed by atoms with Crippen molar-refractivity contribution in [3.8, 4) is 0 Å². The molecule has 1 heterocycles. The van der Waals surface area contributed by atoms with Crippen LogP contribution in [0.15, 0.2) is 58.2 Å². The number of hydrogen-bond donors (Lipinski definition) is 1.